The van der Waals surface area contributed by atoms with E-state index in [9.17, 15) is 4.79 Å². The minimum atomic E-state index is 0.204. The molecule has 1 heterocycles. The van der Waals surface area contributed by atoms with Crippen LogP contribution in [0.3, 0.4) is 0 Å². The van der Waals surface area contributed by atoms with E-state index in [-0.39, 0.29) is 5.91 Å². The Morgan fingerprint density at radius 3 is 2.59 bits per heavy atom. The summed E-state index contributed by atoms with van der Waals surface area (Å²) in [7, 11) is 0. The molecular formula is C14H22N2O. The van der Waals surface area contributed by atoms with Crippen molar-refractivity contribution in [1.82, 2.24) is 9.80 Å². The van der Waals surface area contributed by atoms with Gasteiger partial charge in [0.1, 0.15) is 0 Å². The Labute approximate surface area is 104 Å². The molecule has 1 saturated heterocycles. The predicted molar refractivity (Wildman–Crippen MR) is 69.7 cm³/mol. The molecule has 1 aliphatic carbocycles. The van der Waals surface area contributed by atoms with E-state index >= 15 is 0 Å². The van der Waals surface area contributed by atoms with Crippen LogP contribution in [0.25, 0.3) is 0 Å². The third-order valence-corrected chi connectivity index (χ3v) is 3.61. The molecular weight excluding hydrogens is 212 g/mol. The quantitative estimate of drug-likeness (QED) is 0.725. The minimum Gasteiger partial charge on any atom is -0.340 e. The number of carbonyl (C=O) groups is 1. The van der Waals surface area contributed by atoms with Gasteiger partial charge in [0, 0.05) is 39.6 Å². The fourth-order valence-corrected chi connectivity index (χ4v) is 2.37. The van der Waals surface area contributed by atoms with Crippen LogP contribution in [0.15, 0.2) is 23.8 Å². The van der Waals surface area contributed by atoms with Gasteiger partial charge in [0.05, 0.1) is 0 Å². The third kappa shape index (κ3) is 3.43. The van der Waals surface area contributed by atoms with Gasteiger partial charge in [0.15, 0.2) is 0 Å². The van der Waals surface area contributed by atoms with Gasteiger partial charge in [-0.15, -0.1) is 0 Å². The highest BCUT2D eigenvalue weighted by Crippen LogP contribution is 2.16. The van der Waals surface area contributed by atoms with Crippen molar-refractivity contribution in [3.05, 3.63) is 23.8 Å². The summed E-state index contributed by atoms with van der Waals surface area (Å²) in [6, 6.07) is 0. The maximum absolute atomic E-state index is 11.2. The van der Waals surface area contributed by atoms with Gasteiger partial charge >= 0.3 is 0 Å². The van der Waals surface area contributed by atoms with Gasteiger partial charge in [-0.25, -0.2) is 0 Å². The second-order valence-electron chi connectivity index (χ2n) is 5.13. The molecule has 0 saturated carbocycles. The molecule has 0 spiro atoms. The van der Waals surface area contributed by atoms with Crippen molar-refractivity contribution in [2.75, 3.05) is 32.7 Å². The zero-order valence-electron chi connectivity index (χ0n) is 10.9. The lowest BCUT2D eigenvalue weighted by Crippen LogP contribution is -2.48. The number of hydrogen-bond donors (Lipinski definition) is 0. The van der Waals surface area contributed by atoms with Crippen molar-refractivity contribution in [2.24, 2.45) is 5.92 Å². The highest BCUT2D eigenvalue weighted by atomic mass is 16.2. The molecule has 17 heavy (non-hydrogen) atoms. The van der Waals surface area contributed by atoms with Crippen molar-refractivity contribution in [3.63, 3.8) is 0 Å². The first-order chi connectivity index (χ1) is 8.15. The van der Waals surface area contributed by atoms with Crippen LogP contribution in [0.1, 0.15) is 20.3 Å². The number of nitrogens with zero attached hydrogens (tertiary/aromatic N) is 2. The molecule has 0 bridgehead atoms. The van der Waals surface area contributed by atoms with Crippen molar-refractivity contribution in [2.45, 2.75) is 20.3 Å². The fraction of sp³-hybridized carbons (Fsp3) is 0.643. The molecule has 0 radical (unpaired) electrons. The van der Waals surface area contributed by atoms with E-state index in [1.807, 2.05) is 4.90 Å². The maximum atomic E-state index is 11.2. The lowest BCUT2D eigenvalue weighted by atomic mass is 9.98. The van der Waals surface area contributed by atoms with E-state index in [2.05, 4.69) is 30.1 Å². The largest absolute Gasteiger partial charge is 0.340 e. The first-order valence-electron chi connectivity index (χ1n) is 6.50. The Kier molecular flexibility index (Phi) is 4.00. The normalized spacial score (nSPS) is 25.9. The summed E-state index contributed by atoms with van der Waals surface area (Å²) in [5, 5.41) is 0. The fourth-order valence-electron chi connectivity index (χ4n) is 2.37. The Bertz CT molecular complexity index is 338. The van der Waals surface area contributed by atoms with E-state index in [4.69, 9.17) is 0 Å². The first-order valence-corrected chi connectivity index (χ1v) is 6.50. The zero-order valence-corrected chi connectivity index (χ0v) is 10.9. The zero-order chi connectivity index (χ0) is 12.3. The number of piperazine rings is 1. The predicted octanol–water partition coefficient (Wildman–Crippen LogP) is 1.67. The lowest BCUT2D eigenvalue weighted by Gasteiger charge is -2.34. The number of rotatable bonds is 2. The second-order valence-corrected chi connectivity index (χ2v) is 5.13. The summed E-state index contributed by atoms with van der Waals surface area (Å²) in [6.07, 6.45) is 8.06. The van der Waals surface area contributed by atoms with E-state index < -0.39 is 0 Å². The first kappa shape index (κ1) is 12.4. The maximum Gasteiger partial charge on any atom is 0.219 e. The van der Waals surface area contributed by atoms with Crippen LogP contribution >= 0.6 is 0 Å². The molecule has 1 unspecified atom stereocenters. The molecule has 2 rings (SSSR count). The van der Waals surface area contributed by atoms with Gasteiger partial charge < -0.3 is 4.90 Å². The molecule has 0 N–H and O–H groups in total. The standard InChI is InChI=1S/C14H22N2O/c1-12-3-5-14(6-4-12)11-15-7-9-16(10-8-15)13(2)17/h3,5-6,12H,4,7-11H2,1-2H3. The molecule has 2 aliphatic rings. The van der Waals surface area contributed by atoms with E-state index in [0.717, 1.165) is 32.7 Å². The molecule has 1 atom stereocenters. The Hall–Kier alpha value is -1.09. The number of allylic oxidation sites excluding steroid dienone is 2. The molecule has 0 aromatic rings. The van der Waals surface area contributed by atoms with E-state index in [0.29, 0.717) is 5.92 Å². The summed E-state index contributed by atoms with van der Waals surface area (Å²) < 4.78 is 0. The molecule has 0 aromatic heterocycles. The highest BCUT2D eigenvalue weighted by Gasteiger charge is 2.18. The smallest absolute Gasteiger partial charge is 0.219 e. The van der Waals surface area contributed by atoms with Crippen LogP contribution in [-0.4, -0.2) is 48.4 Å². The summed E-state index contributed by atoms with van der Waals surface area (Å²) in [5.41, 5.74) is 1.43. The SMILES string of the molecule is CC(=O)N1CCN(CC2=CCC(C)C=C2)CC1. The van der Waals surface area contributed by atoms with Gasteiger partial charge in [-0.05, 0) is 17.9 Å². The number of carbonyl (C=O) groups excluding carboxylic acids is 1. The lowest BCUT2D eigenvalue weighted by molar-refractivity contribution is -0.130. The van der Waals surface area contributed by atoms with Crippen LogP contribution < -0.4 is 0 Å². The average Bonchev–Trinajstić information content (AvgIpc) is 2.33. The van der Waals surface area contributed by atoms with E-state index in [1.165, 1.54) is 12.0 Å². The van der Waals surface area contributed by atoms with Gasteiger partial charge in [0.2, 0.25) is 5.91 Å². The molecule has 1 fully saturated rings. The molecule has 3 heteroatoms. The van der Waals surface area contributed by atoms with Crippen LogP contribution in [0.4, 0.5) is 0 Å². The van der Waals surface area contributed by atoms with Gasteiger partial charge in [-0.3, -0.25) is 9.69 Å². The van der Waals surface area contributed by atoms with Gasteiger partial charge in [-0.2, -0.15) is 0 Å². The van der Waals surface area contributed by atoms with Crippen molar-refractivity contribution < 1.29 is 4.79 Å². The summed E-state index contributed by atoms with van der Waals surface area (Å²) in [4.78, 5) is 15.6. The van der Waals surface area contributed by atoms with Crippen molar-refractivity contribution >= 4 is 5.91 Å². The Morgan fingerprint density at radius 1 is 1.35 bits per heavy atom. The second kappa shape index (κ2) is 5.50. The van der Waals surface area contributed by atoms with Gasteiger partial charge in [0.25, 0.3) is 0 Å². The number of hydrogen-bond acceptors (Lipinski definition) is 2. The summed E-state index contributed by atoms with van der Waals surface area (Å²) in [6.45, 7) is 8.69. The van der Waals surface area contributed by atoms with Gasteiger partial charge in [-0.1, -0.05) is 25.2 Å². The van der Waals surface area contributed by atoms with Crippen LogP contribution in [0, 0.1) is 5.92 Å². The molecule has 1 amide bonds. The minimum absolute atomic E-state index is 0.204. The third-order valence-electron chi connectivity index (χ3n) is 3.61. The Morgan fingerprint density at radius 2 is 2.06 bits per heavy atom. The monoisotopic (exact) mass is 234 g/mol. The highest BCUT2D eigenvalue weighted by molar-refractivity contribution is 5.73. The molecule has 3 nitrogen and oxygen atoms in total. The summed E-state index contributed by atoms with van der Waals surface area (Å²) >= 11 is 0. The average molecular weight is 234 g/mol. The van der Waals surface area contributed by atoms with Crippen LogP contribution in [-0.2, 0) is 4.79 Å². The summed E-state index contributed by atoms with van der Waals surface area (Å²) in [5.74, 6) is 0.892. The topological polar surface area (TPSA) is 23.6 Å². The van der Waals surface area contributed by atoms with Crippen LogP contribution in [0.5, 0.6) is 0 Å². The van der Waals surface area contributed by atoms with Crippen molar-refractivity contribution in [3.8, 4) is 0 Å². The van der Waals surface area contributed by atoms with Crippen molar-refractivity contribution in [1.29, 1.82) is 0 Å². The van der Waals surface area contributed by atoms with E-state index in [1.54, 1.807) is 6.92 Å². The Balaban J connectivity index is 1.79. The van der Waals surface area contributed by atoms with Crippen LogP contribution in [0.2, 0.25) is 0 Å². The number of amides is 1. The molecule has 1 aliphatic heterocycles. The molecule has 94 valence electrons. The molecule has 0 aromatic carbocycles.